The van der Waals surface area contributed by atoms with E-state index in [4.69, 9.17) is 15.6 Å². The van der Waals surface area contributed by atoms with Gasteiger partial charge in [0.05, 0.1) is 0 Å². The first-order chi connectivity index (χ1) is 6.54. The standard InChI is InChI=1S/C10H19NO4/c1-9(2,3)15-8(14)10(4,11)6-5-7(12)13/h5-6,11H2,1-4H3,(H,12,13)/t10-/m1/s1. The number of esters is 1. The topological polar surface area (TPSA) is 89.6 Å². The molecular weight excluding hydrogens is 198 g/mol. The quantitative estimate of drug-likeness (QED) is 0.683. The van der Waals surface area contributed by atoms with Crippen molar-refractivity contribution in [1.82, 2.24) is 0 Å². The number of aliphatic carboxylic acids is 1. The molecule has 0 aromatic carbocycles. The molecule has 0 radical (unpaired) electrons. The fourth-order valence-electron chi connectivity index (χ4n) is 0.863. The number of hydrogen-bond donors (Lipinski definition) is 2. The second kappa shape index (κ2) is 4.61. The van der Waals surface area contributed by atoms with Crippen LogP contribution in [-0.2, 0) is 14.3 Å². The second-order valence-corrected chi connectivity index (χ2v) is 4.81. The van der Waals surface area contributed by atoms with Crippen molar-refractivity contribution in [2.24, 2.45) is 5.73 Å². The van der Waals surface area contributed by atoms with Crippen LogP contribution in [0, 0.1) is 0 Å². The van der Waals surface area contributed by atoms with E-state index < -0.39 is 23.1 Å². The molecule has 0 spiro atoms. The molecule has 0 saturated carbocycles. The van der Waals surface area contributed by atoms with Gasteiger partial charge < -0.3 is 15.6 Å². The van der Waals surface area contributed by atoms with Crippen molar-refractivity contribution >= 4 is 11.9 Å². The largest absolute Gasteiger partial charge is 0.481 e. The van der Waals surface area contributed by atoms with Gasteiger partial charge in [0.15, 0.2) is 0 Å². The van der Waals surface area contributed by atoms with Gasteiger partial charge in [-0.15, -0.1) is 0 Å². The summed E-state index contributed by atoms with van der Waals surface area (Å²) < 4.78 is 5.08. The van der Waals surface area contributed by atoms with Gasteiger partial charge in [0, 0.05) is 6.42 Å². The van der Waals surface area contributed by atoms with E-state index in [1.165, 1.54) is 6.92 Å². The molecule has 88 valence electrons. The molecule has 15 heavy (non-hydrogen) atoms. The molecule has 0 aliphatic rings. The maximum Gasteiger partial charge on any atom is 0.326 e. The average molecular weight is 217 g/mol. The molecule has 0 heterocycles. The molecule has 5 heteroatoms. The second-order valence-electron chi connectivity index (χ2n) is 4.81. The van der Waals surface area contributed by atoms with E-state index in [-0.39, 0.29) is 12.8 Å². The molecule has 0 unspecified atom stereocenters. The van der Waals surface area contributed by atoms with Crippen LogP contribution >= 0.6 is 0 Å². The summed E-state index contributed by atoms with van der Waals surface area (Å²) in [5.41, 5.74) is 3.82. The van der Waals surface area contributed by atoms with Gasteiger partial charge in [-0.25, -0.2) is 0 Å². The molecule has 3 N–H and O–H groups in total. The smallest absolute Gasteiger partial charge is 0.326 e. The fraction of sp³-hybridized carbons (Fsp3) is 0.800. The lowest BCUT2D eigenvalue weighted by Gasteiger charge is -2.27. The highest BCUT2D eigenvalue weighted by Crippen LogP contribution is 2.16. The highest BCUT2D eigenvalue weighted by Gasteiger charge is 2.33. The van der Waals surface area contributed by atoms with Crippen LogP contribution in [0.5, 0.6) is 0 Å². The lowest BCUT2D eigenvalue weighted by molar-refractivity contribution is -0.161. The van der Waals surface area contributed by atoms with E-state index in [1.807, 2.05) is 0 Å². The van der Waals surface area contributed by atoms with Gasteiger partial charge in [0.25, 0.3) is 0 Å². The molecular formula is C10H19NO4. The third-order valence-corrected chi connectivity index (χ3v) is 1.72. The number of carboxylic acids is 1. The third-order valence-electron chi connectivity index (χ3n) is 1.72. The molecule has 0 rings (SSSR count). The minimum Gasteiger partial charge on any atom is -0.481 e. The Balaban J connectivity index is 4.32. The van der Waals surface area contributed by atoms with Gasteiger partial charge in [-0.2, -0.15) is 0 Å². The summed E-state index contributed by atoms with van der Waals surface area (Å²) in [6.45, 7) is 6.68. The SMILES string of the molecule is CC(C)(C)OC(=O)[C@](C)(N)CCC(=O)O. The number of ether oxygens (including phenoxy) is 1. The normalized spacial score (nSPS) is 15.5. The Labute approximate surface area is 89.6 Å². The molecule has 0 aliphatic carbocycles. The van der Waals surface area contributed by atoms with Crippen LogP contribution in [0.3, 0.4) is 0 Å². The summed E-state index contributed by atoms with van der Waals surface area (Å²) in [7, 11) is 0. The van der Waals surface area contributed by atoms with Crippen molar-refractivity contribution in [2.45, 2.75) is 51.7 Å². The predicted molar refractivity (Wildman–Crippen MR) is 55.3 cm³/mol. The van der Waals surface area contributed by atoms with Gasteiger partial charge >= 0.3 is 11.9 Å². The Morgan fingerprint density at radius 3 is 2.07 bits per heavy atom. The zero-order valence-electron chi connectivity index (χ0n) is 9.66. The van der Waals surface area contributed by atoms with Gasteiger partial charge in [0.1, 0.15) is 11.1 Å². The molecule has 0 aromatic rings. The van der Waals surface area contributed by atoms with Crippen LogP contribution < -0.4 is 5.73 Å². The van der Waals surface area contributed by atoms with Crippen molar-refractivity contribution in [3.8, 4) is 0 Å². The molecule has 0 bridgehead atoms. The molecule has 5 nitrogen and oxygen atoms in total. The lowest BCUT2D eigenvalue weighted by Crippen LogP contribution is -2.48. The Bertz CT molecular complexity index is 253. The van der Waals surface area contributed by atoms with Gasteiger partial charge in [-0.1, -0.05) is 0 Å². The molecule has 0 fully saturated rings. The van der Waals surface area contributed by atoms with Gasteiger partial charge in [-0.3, -0.25) is 9.59 Å². The summed E-state index contributed by atoms with van der Waals surface area (Å²) in [6, 6.07) is 0. The molecule has 1 atom stereocenters. The number of rotatable bonds is 4. The Hall–Kier alpha value is -1.10. The van der Waals surface area contributed by atoms with Gasteiger partial charge in [-0.05, 0) is 34.1 Å². The predicted octanol–water partition coefficient (Wildman–Crippen LogP) is 0.910. The summed E-state index contributed by atoms with van der Waals surface area (Å²) >= 11 is 0. The fourth-order valence-corrected chi connectivity index (χ4v) is 0.863. The number of carboxylic acid groups (broad SMARTS) is 1. The first kappa shape index (κ1) is 13.9. The van der Waals surface area contributed by atoms with Crippen LogP contribution in [0.15, 0.2) is 0 Å². The van der Waals surface area contributed by atoms with Crippen LogP contribution in [0.25, 0.3) is 0 Å². The van der Waals surface area contributed by atoms with E-state index in [1.54, 1.807) is 20.8 Å². The Kier molecular flexibility index (Phi) is 4.27. The van der Waals surface area contributed by atoms with E-state index >= 15 is 0 Å². The van der Waals surface area contributed by atoms with Crippen molar-refractivity contribution in [3.05, 3.63) is 0 Å². The van der Waals surface area contributed by atoms with E-state index in [0.717, 1.165) is 0 Å². The summed E-state index contributed by atoms with van der Waals surface area (Å²) in [4.78, 5) is 21.9. The van der Waals surface area contributed by atoms with E-state index in [2.05, 4.69) is 0 Å². The van der Waals surface area contributed by atoms with Crippen molar-refractivity contribution in [1.29, 1.82) is 0 Å². The summed E-state index contributed by atoms with van der Waals surface area (Å²) in [5, 5.41) is 8.48. The number of nitrogens with two attached hydrogens (primary N) is 1. The Morgan fingerprint density at radius 1 is 1.27 bits per heavy atom. The zero-order valence-corrected chi connectivity index (χ0v) is 9.66. The summed E-state index contributed by atoms with van der Waals surface area (Å²) in [6.07, 6.45) is -0.0799. The minimum absolute atomic E-state index is 0.0667. The number of hydrogen-bond acceptors (Lipinski definition) is 4. The van der Waals surface area contributed by atoms with Crippen LogP contribution in [0.4, 0.5) is 0 Å². The first-order valence-electron chi connectivity index (χ1n) is 4.79. The van der Waals surface area contributed by atoms with E-state index in [0.29, 0.717) is 0 Å². The van der Waals surface area contributed by atoms with Crippen LogP contribution in [0.2, 0.25) is 0 Å². The third kappa shape index (κ3) is 6.06. The number of carbonyl (C=O) groups is 2. The van der Waals surface area contributed by atoms with Crippen molar-refractivity contribution in [2.75, 3.05) is 0 Å². The zero-order chi connectivity index (χ0) is 12.3. The average Bonchev–Trinajstić information content (AvgIpc) is 1.97. The van der Waals surface area contributed by atoms with Crippen LogP contribution in [0.1, 0.15) is 40.5 Å². The van der Waals surface area contributed by atoms with Crippen LogP contribution in [-0.4, -0.2) is 28.2 Å². The highest BCUT2D eigenvalue weighted by atomic mass is 16.6. The van der Waals surface area contributed by atoms with Crippen molar-refractivity contribution < 1.29 is 19.4 Å². The molecule has 0 amide bonds. The maximum absolute atomic E-state index is 11.6. The van der Waals surface area contributed by atoms with Crippen molar-refractivity contribution in [3.63, 3.8) is 0 Å². The maximum atomic E-state index is 11.6. The minimum atomic E-state index is -1.24. The van der Waals surface area contributed by atoms with Gasteiger partial charge in [0.2, 0.25) is 0 Å². The van der Waals surface area contributed by atoms with E-state index in [9.17, 15) is 9.59 Å². The lowest BCUT2D eigenvalue weighted by atomic mass is 9.97. The summed E-state index contributed by atoms with van der Waals surface area (Å²) in [5.74, 6) is -1.55. The molecule has 0 aliphatic heterocycles. The first-order valence-corrected chi connectivity index (χ1v) is 4.79. The monoisotopic (exact) mass is 217 g/mol. The highest BCUT2D eigenvalue weighted by molar-refractivity contribution is 5.81. The molecule has 0 saturated heterocycles. The Morgan fingerprint density at radius 2 is 1.73 bits per heavy atom. The molecule has 0 aromatic heterocycles. The number of carbonyl (C=O) groups excluding carboxylic acids is 1.